The molecule has 0 aliphatic carbocycles. The number of piperidine rings is 1. The predicted octanol–water partition coefficient (Wildman–Crippen LogP) is 2.73. The van der Waals surface area contributed by atoms with E-state index in [1.54, 1.807) is 0 Å². The molecule has 1 aliphatic heterocycles. The average molecular weight is 232 g/mol. The van der Waals surface area contributed by atoms with Gasteiger partial charge in [0.1, 0.15) is 0 Å². The zero-order valence-electron chi connectivity index (χ0n) is 11.0. The van der Waals surface area contributed by atoms with Crippen molar-refractivity contribution in [3.63, 3.8) is 0 Å². The largest absolute Gasteiger partial charge is 0.327 e. The van der Waals surface area contributed by atoms with Gasteiger partial charge in [0.25, 0.3) is 0 Å². The van der Waals surface area contributed by atoms with Crippen LogP contribution in [0.3, 0.4) is 0 Å². The number of nitrogens with zero attached hydrogens (tertiary/aromatic N) is 1. The van der Waals surface area contributed by atoms with E-state index in [1.165, 1.54) is 30.5 Å². The summed E-state index contributed by atoms with van der Waals surface area (Å²) in [5.74, 6) is 0.618. The van der Waals surface area contributed by atoms with Crippen molar-refractivity contribution in [3.05, 3.63) is 35.4 Å². The standard InChI is InChI=1S/C15H24N2/c1-12(2)14-7-5-13(6-8-14)10-17-9-3-4-15(16)11-17/h5-8,12,15H,3-4,9-11,16H2,1-2H3. The minimum atomic E-state index is 0.374. The Morgan fingerprint density at radius 3 is 2.59 bits per heavy atom. The Hall–Kier alpha value is -0.860. The van der Waals surface area contributed by atoms with E-state index < -0.39 is 0 Å². The molecule has 0 radical (unpaired) electrons. The zero-order chi connectivity index (χ0) is 12.3. The number of likely N-dealkylation sites (tertiary alicyclic amines) is 1. The maximum Gasteiger partial charge on any atom is 0.0234 e. The third-order valence-corrected chi connectivity index (χ3v) is 3.59. The number of benzene rings is 1. The Balaban J connectivity index is 1.94. The molecule has 1 fully saturated rings. The van der Waals surface area contributed by atoms with Crippen molar-refractivity contribution in [2.24, 2.45) is 5.73 Å². The average Bonchev–Trinajstić information content (AvgIpc) is 2.29. The molecule has 1 aromatic carbocycles. The van der Waals surface area contributed by atoms with E-state index in [0.717, 1.165) is 13.1 Å². The van der Waals surface area contributed by atoms with Crippen molar-refractivity contribution in [1.29, 1.82) is 0 Å². The first-order chi connectivity index (χ1) is 8.15. The van der Waals surface area contributed by atoms with E-state index >= 15 is 0 Å². The first kappa shape index (κ1) is 12.6. The molecule has 1 heterocycles. The Morgan fingerprint density at radius 2 is 2.00 bits per heavy atom. The summed E-state index contributed by atoms with van der Waals surface area (Å²) in [6, 6.07) is 9.40. The molecule has 0 amide bonds. The van der Waals surface area contributed by atoms with Crippen molar-refractivity contribution < 1.29 is 0 Å². The van der Waals surface area contributed by atoms with Crippen molar-refractivity contribution in [2.75, 3.05) is 13.1 Å². The number of hydrogen-bond donors (Lipinski definition) is 1. The summed E-state index contributed by atoms with van der Waals surface area (Å²) in [5, 5.41) is 0. The van der Waals surface area contributed by atoms with Gasteiger partial charge in [-0.05, 0) is 36.4 Å². The van der Waals surface area contributed by atoms with Gasteiger partial charge in [0.05, 0.1) is 0 Å². The van der Waals surface area contributed by atoms with Crippen LogP contribution in [0.1, 0.15) is 43.7 Å². The third-order valence-electron chi connectivity index (χ3n) is 3.59. The zero-order valence-corrected chi connectivity index (χ0v) is 11.0. The highest BCUT2D eigenvalue weighted by molar-refractivity contribution is 5.24. The minimum Gasteiger partial charge on any atom is -0.327 e. The highest BCUT2D eigenvalue weighted by Crippen LogP contribution is 2.17. The van der Waals surface area contributed by atoms with Crippen LogP contribution in [0.5, 0.6) is 0 Å². The lowest BCUT2D eigenvalue weighted by Gasteiger charge is -2.30. The lowest BCUT2D eigenvalue weighted by Crippen LogP contribution is -2.42. The smallest absolute Gasteiger partial charge is 0.0234 e. The molecular weight excluding hydrogens is 208 g/mol. The SMILES string of the molecule is CC(C)c1ccc(CN2CCCC(N)C2)cc1. The van der Waals surface area contributed by atoms with Gasteiger partial charge in [-0.3, -0.25) is 4.90 Å². The molecule has 1 saturated heterocycles. The van der Waals surface area contributed by atoms with Crippen molar-refractivity contribution >= 4 is 0 Å². The predicted molar refractivity (Wildman–Crippen MR) is 73.0 cm³/mol. The van der Waals surface area contributed by atoms with E-state index in [-0.39, 0.29) is 0 Å². The number of nitrogens with two attached hydrogens (primary N) is 1. The van der Waals surface area contributed by atoms with Gasteiger partial charge in [0.2, 0.25) is 0 Å². The van der Waals surface area contributed by atoms with Gasteiger partial charge in [0, 0.05) is 19.1 Å². The molecular formula is C15H24N2. The molecule has 0 spiro atoms. The van der Waals surface area contributed by atoms with Gasteiger partial charge in [-0.2, -0.15) is 0 Å². The van der Waals surface area contributed by atoms with Gasteiger partial charge >= 0.3 is 0 Å². The fourth-order valence-corrected chi connectivity index (χ4v) is 2.50. The molecule has 1 aromatic rings. The van der Waals surface area contributed by atoms with E-state index in [4.69, 9.17) is 5.73 Å². The van der Waals surface area contributed by atoms with Crippen LogP contribution < -0.4 is 5.73 Å². The molecule has 0 saturated carbocycles. The molecule has 17 heavy (non-hydrogen) atoms. The molecule has 1 aliphatic rings. The van der Waals surface area contributed by atoms with E-state index in [0.29, 0.717) is 12.0 Å². The van der Waals surface area contributed by atoms with Crippen LogP contribution >= 0.6 is 0 Å². The van der Waals surface area contributed by atoms with E-state index in [1.807, 2.05) is 0 Å². The van der Waals surface area contributed by atoms with Crippen molar-refractivity contribution in [2.45, 2.75) is 45.2 Å². The van der Waals surface area contributed by atoms with Crippen LogP contribution in [-0.2, 0) is 6.54 Å². The normalized spacial score (nSPS) is 22.0. The first-order valence-corrected chi connectivity index (χ1v) is 6.72. The maximum atomic E-state index is 6.00. The van der Waals surface area contributed by atoms with Gasteiger partial charge < -0.3 is 5.73 Å². The second kappa shape index (κ2) is 5.65. The fraction of sp³-hybridized carbons (Fsp3) is 0.600. The molecule has 1 atom stereocenters. The molecule has 0 aromatic heterocycles. The molecule has 0 bridgehead atoms. The van der Waals surface area contributed by atoms with Crippen LogP contribution in [0.15, 0.2) is 24.3 Å². The molecule has 2 nitrogen and oxygen atoms in total. The Bertz CT molecular complexity index is 342. The van der Waals surface area contributed by atoms with Crippen molar-refractivity contribution in [1.82, 2.24) is 4.90 Å². The van der Waals surface area contributed by atoms with Crippen LogP contribution in [-0.4, -0.2) is 24.0 Å². The minimum absolute atomic E-state index is 0.374. The number of hydrogen-bond acceptors (Lipinski definition) is 2. The van der Waals surface area contributed by atoms with Crippen LogP contribution in [0.4, 0.5) is 0 Å². The van der Waals surface area contributed by atoms with Crippen molar-refractivity contribution in [3.8, 4) is 0 Å². The molecule has 2 rings (SSSR count). The van der Waals surface area contributed by atoms with E-state index in [9.17, 15) is 0 Å². The lowest BCUT2D eigenvalue weighted by atomic mass is 10.0. The van der Waals surface area contributed by atoms with Gasteiger partial charge in [-0.1, -0.05) is 38.1 Å². The fourth-order valence-electron chi connectivity index (χ4n) is 2.50. The topological polar surface area (TPSA) is 29.3 Å². The van der Waals surface area contributed by atoms with Crippen LogP contribution in [0, 0.1) is 0 Å². The van der Waals surface area contributed by atoms with Crippen LogP contribution in [0.2, 0.25) is 0 Å². The molecule has 2 heteroatoms. The molecule has 2 N–H and O–H groups in total. The summed E-state index contributed by atoms with van der Waals surface area (Å²) >= 11 is 0. The Morgan fingerprint density at radius 1 is 1.29 bits per heavy atom. The summed E-state index contributed by atoms with van der Waals surface area (Å²) in [6.45, 7) is 7.76. The summed E-state index contributed by atoms with van der Waals surface area (Å²) < 4.78 is 0. The quantitative estimate of drug-likeness (QED) is 0.868. The summed E-state index contributed by atoms with van der Waals surface area (Å²) in [6.07, 6.45) is 2.42. The Labute approximate surface area is 105 Å². The Kier molecular flexibility index (Phi) is 4.19. The van der Waals surface area contributed by atoms with Crippen LogP contribution in [0.25, 0.3) is 0 Å². The summed E-state index contributed by atoms with van der Waals surface area (Å²) in [5.41, 5.74) is 8.83. The third kappa shape index (κ3) is 3.55. The van der Waals surface area contributed by atoms with E-state index in [2.05, 4.69) is 43.0 Å². The first-order valence-electron chi connectivity index (χ1n) is 6.72. The van der Waals surface area contributed by atoms with Gasteiger partial charge in [-0.15, -0.1) is 0 Å². The summed E-state index contributed by atoms with van der Waals surface area (Å²) in [7, 11) is 0. The summed E-state index contributed by atoms with van der Waals surface area (Å²) in [4.78, 5) is 2.47. The highest BCUT2D eigenvalue weighted by atomic mass is 15.1. The second-order valence-electron chi connectivity index (χ2n) is 5.53. The van der Waals surface area contributed by atoms with Gasteiger partial charge in [-0.25, -0.2) is 0 Å². The molecule has 94 valence electrons. The maximum absolute atomic E-state index is 6.00. The lowest BCUT2D eigenvalue weighted by molar-refractivity contribution is 0.201. The monoisotopic (exact) mass is 232 g/mol. The molecule has 1 unspecified atom stereocenters. The number of rotatable bonds is 3. The second-order valence-corrected chi connectivity index (χ2v) is 5.53. The highest BCUT2D eigenvalue weighted by Gasteiger charge is 2.16. The van der Waals surface area contributed by atoms with Gasteiger partial charge in [0.15, 0.2) is 0 Å².